The number of hydrogen-bond donors (Lipinski definition) is 2. The van der Waals surface area contributed by atoms with E-state index in [0.717, 1.165) is 0 Å². The van der Waals surface area contributed by atoms with E-state index in [1.165, 1.54) is 4.31 Å². The van der Waals surface area contributed by atoms with Crippen LogP contribution in [0.3, 0.4) is 0 Å². The molecule has 19 heavy (non-hydrogen) atoms. The van der Waals surface area contributed by atoms with Gasteiger partial charge in [0, 0.05) is 12.6 Å². The van der Waals surface area contributed by atoms with Crippen LogP contribution < -0.4 is 0 Å². The predicted molar refractivity (Wildman–Crippen MR) is 73.4 cm³/mol. The first kappa shape index (κ1) is 16.1. The van der Waals surface area contributed by atoms with Crippen molar-refractivity contribution >= 4 is 10.0 Å². The topological polar surface area (TPSA) is 86.3 Å². The van der Waals surface area contributed by atoms with Gasteiger partial charge in [-0.3, -0.25) is 5.10 Å². The largest absolute Gasteiger partial charge is 0.395 e. The average molecular weight is 289 g/mol. The molecule has 0 aliphatic carbocycles. The third kappa shape index (κ3) is 3.16. The Kier molecular flexibility index (Phi) is 5.51. The molecule has 6 nitrogen and oxygen atoms in total. The van der Waals surface area contributed by atoms with Gasteiger partial charge >= 0.3 is 0 Å². The third-order valence-corrected chi connectivity index (χ3v) is 5.51. The van der Waals surface area contributed by atoms with E-state index < -0.39 is 10.0 Å². The minimum Gasteiger partial charge on any atom is -0.395 e. The maximum atomic E-state index is 12.7. The molecule has 1 heterocycles. The van der Waals surface area contributed by atoms with Crippen LogP contribution in [-0.4, -0.2) is 47.2 Å². The highest BCUT2D eigenvalue weighted by Crippen LogP contribution is 2.25. The second kappa shape index (κ2) is 6.49. The van der Waals surface area contributed by atoms with Gasteiger partial charge in [-0.1, -0.05) is 13.8 Å². The Labute approximate surface area is 114 Å². The van der Waals surface area contributed by atoms with E-state index >= 15 is 0 Å². The van der Waals surface area contributed by atoms with E-state index in [1.807, 2.05) is 13.8 Å². The standard InChI is InChI=1S/C12H23N3O3S/c1-5-11(6-2)15(7-8-16)19(17,18)12-9(3)13-14-10(12)4/h11,16H,5-8H2,1-4H3,(H,13,14). The Hall–Kier alpha value is -0.920. The molecule has 110 valence electrons. The summed E-state index contributed by atoms with van der Waals surface area (Å²) in [7, 11) is -3.63. The van der Waals surface area contributed by atoms with Crippen molar-refractivity contribution in [2.45, 2.75) is 51.5 Å². The Morgan fingerprint density at radius 3 is 2.26 bits per heavy atom. The first-order valence-electron chi connectivity index (χ1n) is 6.54. The highest BCUT2D eigenvalue weighted by Gasteiger charge is 2.32. The van der Waals surface area contributed by atoms with Gasteiger partial charge in [-0.15, -0.1) is 0 Å². The zero-order valence-electron chi connectivity index (χ0n) is 12.0. The number of aliphatic hydroxyl groups excluding tert-OH is 1. The van der Waals surface area contributed by atoms with Crippen LogP contribution in [0.25, 0.3) is 0 Å². The van der Waals surface area contributed by atoms with Crippen LogP contribution in [-0.2, 0) is 10.0 Å². The molecule has 0 aliphatic rings. The van der Waals surface area contributed by atoms with E-state index in [4.69, 9.17) is 5.11 Å². The fourth-order valence-electron chi connectivity index (χ4n) is 2.33. The van der Waals surface area contributed by atoms with Crippen LogP contribution in [0.5, 0.6) is 0 Å². The number of nitrogens with one attached hydrogen (secondary N) is 1. The zero-order valence-corrected chi connectivity index (χ0v) is 12.8. The molecule has 0 amide bonds. The molecule has 1 rings (SSSR count). The number of aromatic nitrogens is 2. The van der Waals surface area contributed by atoms with Gasteiger partial charge in [0.25, 0.3) is 0 Å². The molecule has 7 heteroatoms. The van der Waals surface area contributed by atoms with Crippen molar-refractivity contribution in [2.24, 2.45) is 0 Å². The van der Waals surface area contributed by atoms with Crippen molar-refractivity contribution in [3.05, 3.63) is 11.4 Å². The van der Waals surface area contributed by atoms with Crippen molar-refractivity contribution < 1.29 is 13.5 Å². The smallest absolute Gasteiger partial charge is 0.247 e. The molecular formula is C12H23N3O3S. The number of aromatic amines is 1. The van der Waals surface area contributed by atoms with Gasteiger partial charge in [0.2, 0.25) is 10.0 Å². The van der Waals surface area contributed by atoms with E-state index in [9.17, 15) is 8.42 Å². The van der Waals surface area contributed by atoms with Crippen molar-refractivity contribution in [3.63, 3.8) is 0 Å². The fourth-order valence-corrected chi connectivity index (χ4v) is 4.43. The van der Waals surface area contributed by atoms with Crippen LogP contribution in [0.15, 0.2) is 4.90 Å². The second-order valence-electron chi connectivity index (χ2n) is 4.57. The van der Waals surface area contributed by atoms with Crippen LogP contribution in [0.2, 0.25) is 0 Å². The van der Waals surface area contributed by atoms with Gasteiger partial charge in [0.15, 0.2) is 0 Å². The summed E-state index contributed by atoms with van der Waals surface area (Å²) in [6, 6.07) is -0.106. The lowest BCUT2D eigenvalue weighted by atomic mass is 10.2. The fraction of sp³-hybridized carbons (Fsp3) is 0.750. The van der Waals surface area contributed by atoms with Gasteiger partial charge in [-0.25, -0.2) is 8.42 Å². The molecule has 0 saturated heterocycles. The molecule has 0 unspecified atom stereocenters. The number of hydrogen-bond acceptors (Lipinski definition) is 4. The second-order valence-corrected chi connectivity index (χ2v) is 6.40. The van der Waals surface area contributed by atoms with Crippen molar-refractivity contribution in [1.29, 1.82) is 0 Å². The molecule has 0 aromatic carbocycles. The minimum atomic E-state index is -3.63. The molecule has 0 saturated carbocycles. The molecule has 0 spiro atoms. The summed E-state index contributed by atoms with van der Waals surface area (Å²) in [6.07, 6.45) is 1.43. The van der Waals surface area contributed by atoms with Crippen LogP contribution in [0, 0.1) is 13.8 Å². The van der Waals surface area contributed by atoms with Crippen molar-refractivity contribution in [1.82, 2.24) is 14.5 Å². The molecule has 1 aromatic heterocycles. The zero-order chi connectivity index (χ0) is 14.6. The van der Waals surface area contributed by atoms with Gasteiger partial charge in [-0.2, -0.15) is 9.40 Å². The lowest BCUT2D eigenvalue weighted by Gasteiger charge is -2.29. The van der Waals surface area contributed by atoms with Crippen molar-refractivity contribution in [3.8, 4) is 0 Å². The number of H-pyrrole nitrogens is 1. The lowest BCUT2D eigenvalue weighted by Crippen LogP contribution is -2.41. The molecule has 2 N–H and O–H groups in total. The summed E-state index contributed by atoms with van der Waals surface area (Å²) in [4.78, 5) is 0.229. The Morgan fingerprint density at radius 1 is 1.32 bits per heavy atom. The van der Waals surface area contributed by atoms with E-state index in [-0.39, 0.29) is 24.1 Å². The number of rotatable bonds is 7. The van der Waals surface area contributed by atoms with Crippen LogP contribution in [0.4, 0.5) is 0 Å². The molecule has 0 aliphatic heterocycles. The van der Waals surface area contributed by atoms with E-state index in [1.54, 1.807) is 13.8 Å². The van der Waals surface area contributed by atoms with Crippen LogP contribution in [0.1, 0.15) is 38.1 Å². The minimum absolute atomic E-state index is 0.106. The highest BCUT2D eigenvalue weighted by molar-refractivity contribution is 7.89. The summed E-state index contributed by atoms with van der Waals surface area (Å²) in [5.41, 5.74) is 0.998. The Morgan fingerprint density at radius 2 is 1.89 bits per heavy atom. The van der Waals surface area contributed by atoms with E-state index in [2.05, 4.69) is 10.2 Å². The molecule has 0 atom stereocenters. The molecule has 1 aromatic rings. The monoisotopic (exact) mass is 289 g/mol. The number of aryl methyl sites for hydroxylation is 2. The molecule has 0 bridgehead atoms. The number of sulfonamides is 1. The normalized spacial score (nSPS) is 12.6. The molecule has 0 radical (unpaired) electrons. The summed E-state index contributed by atoms with van der Waals surface area (Å²) in [5, 5.41) is 15.8. The van der Waals surface area contributed by atoms with E-state index in [0.29, 0.717) is 24.2 Å². The Bertz CT molecular complexity index is 487. The summed E-state index contributed by atoms with van der Waals surface area (Å²) in [5.74, 6) is 0. The number of nitrogens with zero attached hydrogens (tertiary/aromatic N) is 2. The maximum absolute atomic E-state index is 12.7. The SMILES string of the molecule is CCC(CC)N(CCO)S(=O)(=O)c1c(C)n[nH]c1C. The molecule has 0 fully saturated rings. The third-order valence-electron chi connectivity index (χ3n) is 3.30. The Balaban J connectivity index is 3.28. The summed E-state index contributed by atoms with van der Waals surface area (Å²) in [6.45, 7) is 7.17. The van der Waals surface area contributed by atoms with Crippen molar-refractivity contribution in [2.75, 3.05) is 13.2 Å². The van der Waals surface area contributed by atoms with Crippen LogP contribution >= 0.6 is 0 Å². The maximum Gasteiger partial charge on any atom is 0.247 e. The summed E-state index contributed by atoms with van der Waals surface area (Å²) < 4.78 is 26.9. The average Bonchev–Trinajstić information content (AvgIpc) is 2.69. The highest BCUT2D eigenvalue weighted by atomic mass is 32.2. The number of aliphatic hydroxyl groups is 1. The molecular weight excluding hydrogens is 266 g/mol. The lowest BCUT2D eigenvalue weighted by molar-refractivity contribution is 0.219. The predicted octanol–water partition coefficient (Wildman–Crippen LogP) is 1.20. The van der Waals surface area contributed by atoms with Gasteiger partial charge in [0.05, 0.1) is 18.0 Å². The summed E-state index contributed by atoms with van der Waals surface area (Å²) >= 11 is 0. The van der Waals surface area contributed by atoms with Gasteiger partial charge in [-0.05, 0) is 26.7 Å². The quantitative estimate of drug-likeness (QED) is 0.789. The first-order valence-corrected chi connectivity index (χ1v) is 7.98. The first-order chi connectivity index (χ1) is 8.89. The van der Waals surface area contributed by atoms with Gasteiger partial charge in [0.1, 0.15) is 4.90 Å². The van der Waals surface area contributed by atoms with Gasteiger partial charge < -0.3 is 5.11 Å².